The largest absolute Gasteiger partial charge is 0.466 e. The van der Waals surface area contributed by atoms with Gasteiger partial charge in [0.05, 0.1) is 26.4 Å². The Bertz CT molecular complexity index is 635. The quantitative estimate of drug-likeness (QED) is 0.792. The molecule has 0 fully saturated rings. The SMILES string of the molecule is COC(=O)C1=C(C(=O)OC)N(c2ccc(C)c(C)c2)COC1. The van der Waals surface area contributed by atoms with Crippen molar-refractivity contribution in [3.8, 4) is 0 Å². The third-order valence-electron chi connectivity index (χ3n) is 3.64. The van der Waals surface area contributed by atoms with E-state index in [1.54, 1.807) is 4.90 Å². The van der Waals surface area contributed by atoms with Gasteiger partial charge in [-0.1, -0.05) is 6.07 Å². The van der Waals surface area contributed by atoms with E-state index >= 15 is 0 Å². The van der Waals surface area contributed by atoms with E-state index in [0.29, 0.717) is 0 Å². The number of hydrogen-bond acceptors (Lipinski definition) is 6. The van der Waals surface area contributed by atoms with E-state index < -0.39 is 11.9 Å². The molecule has 0 atom stereocenters. The molecule has 22 heavy (non-hydrogen) atoms. The molecule has 0 saturated heterocycles. The van der Waals surface area contributed by atoms with Crippen molar-refractivity contribution in [2.24, 2.45) is 0 Å². The van der Waals surface area contributed by atoms with Gasteiger partial charge in [0.2, 0.25) is 0 Å². The molecule has 118 valence electrons. The predicted molar refractivity (Wildman–Crippen MR) is 80.3 cm³/mol. The van der Waals surface area contributed by atoms with Crippen LogP contribution < -0.4 is 4.90 Å². The molecule has 0 amide bonds. The van der Waals surface area contributed by atoms with Crippen LogP contribution in [-0.2, 0) is 23.8 Å². The summed E-state index contributed by atoms with van der Waals surface area (Å²) in [5.74, 6) is -1.20. The number of nitrogens with zero attached hydrogens (tertiary/aromatic N) is 1. The molecule has 0 aromatic heterocycles. The number of anilines is 1. The van der Waals surface area contributed by atoms with E-state index in [9.17, 15) is 9.59 Å². The van der Waals surface area contributed by atoms with Gasteiger partial charge in [-0.05, 0) is 37.1 Å². The number of methoxy groups -OCH3 is 2. The lowest BCUT2D eigenvalue weighted by Crippen LogP contribution is -2.38. The molecule has 1 aliphatic heterocycles. The lowest BCUT2D eigenvalue weighted by Gasteiger charge is -2.31. The van der Waals surface area contributed by atoms with Crippen LogP contribution in [0.5, 0.6) is 0 Å². The van der Waals surface area contributed by atoms with Gasteiger partial charge < -0.3 is 19.1 Å². The lowest BCUT2D eigenvalue weighted by molar-refractivity contribution is -0.140. The van der Waals surface area contributed by atoms with Gasteiger partial charge in [-0.3, -0.25) is 0 Å². The van der Waals surface area contributed by atoms with Crippen LogP contribution in [0.1, 0.15) is 11.1 Å². The van der Waals surface area contributed by atoms with Crippen LogP contribution >= 0.6 is 0 Å². The van der Waals surface area contributed by atoms with Gasteiger partial charge in [0.25, 0.3) is 0 Å². The molecule has 0 N–H and O–H groups in total. The Hall–Kier alpha value is -2.34. The maximum atomic E-state index is 12.1. The second kappa shape index (κ2) is 6.62. The second-order valence-electron chi connectivity index (χ2n) is 4.98. The molecule has 1 heterocycles. The van der Waals surface area contributed by atoms with E-state index in [0.717, 1.165) is 16.8 Å². The van der Waals surface area contributed by atoms with Gasteiger partial charge in [0.15, 0.2) is 0 Å². The molecular formula is C16H19NO5. The molecule has 0 aliphatic carbocycles. The van der Waals surface area contributed by atoms with Gasteiger partial charge in [0.1, 0.15) is 12.4 Å². The van der Waals surface area contributed by atoms with E-state index in [2.05, 4.69) is 0 Å². The smallest absolute Gasteiger partial charge is 0.355 e. The number of hydrogen-bond donors (Lipinski definition) is 0. The fraction of sp³-hybridized carbons (Fsp3) is 0.375. The Balaban J connectivity index is 2.54. The van der Waals surface area contributed by atoms with Gasteiger partial charge in [-0.25, -0.2) is 9.59 Å². The van der Waals surface area contributed by atoms with Crippen LogP contribution in [0.15, 0.2) is 29.5 Å². The minimum atomic E-state index is -0.603. The molecule has 0 radical (unpaired) electrons. The first-order valence-corrected chi connectivity index (χ1v) is 6.82. The molecule has 0 unspecified atom stereocenters. The van der Waals surface area contributed by atoms with Crippen molar-refractivity contribution in [2.75, 3.05) is 32.5 Å². The number of aryl methyl sites for hydroxylation is 2. The number of carbonyl (C=O) groups is 2. The summed E-state index contributed by atoms with van der Waals surface area (Å²) >= 11 is 0. The Morgan fingerprint density at radius 2 is 1.77 bits per heavy atom. The normalized spacial score (nSPS) is 14.8. The zero-order valence-electron chi connectivity index (χ0n) is 13.1. The number of carbonyl (C=O) groups excluding carboxylic acids is 2. The highest BCUT2D eigenvalue weighted by molar-refractivity contribution is 6.03. The number of esters is 2. The van der Waals surface area contributed by atoms with Gasteiger partial charge in [0, 0.05) is 5.69 Å². The van der Waals surface area contributed by atoms with Crippen molar-refractivity contribution in [3.63, 3.8) is 0 Å². The molecule has 1 aromatic carbocycles. The molecule has 6 nitrogen and oxygen atoms in total. The van der Waals surface area contributed by atoms with Crippen LogP contribution in [0.2, 0.25) is 0 Å². The fourth-order valence-corrected chi connectivity index (χ4v) is 2.24. The van der Waals surface area contributed by atoms with Crippen LogP contribution in [0.25, 0.3) is 0 Å². The average molecular weight is 305 g/mol. The summed E-state index contributed by atoms with van der Waals surface area (Å²) < 4.78 is 15.0. The van der Waals surface area contributed by atoms with Crippen molar-refractivity contribution in [2.45, 2.75) is 13.8 Å². The summed E-state index contributed by atoms with van der Waals surface area (Å²) in [7, 11) is 2.54. The Kier molecular flexibility index (Phi) is 4.82. The van der Waals surface area contributed by atoms with Crippen LogP contribution in [0.4, 0.5) is 5.69 Å². The van der Waals surface area contributed by atoms with E-state index in [1.165, 1.54) is 14.2 Å². The molecule has 2 rings (SSSR count). The molecular weight excluding hydrogens is 286 g/mol. The third-order valence-corrected chi connectivity index (χ3v) is 3.64. The molecule has 1 aromatic rings. The highest BCUT2D eigenvalue weighted by Gasteiger charge is 2.32. The van der Waals surface area contributed by atoms with Gasteiger partial charge in [-0.2, -0.15) is 0 Å². The Morgan fingerprint density at radius 3 is 2.36 bits per heavy atom. The number of benzene rings is 1. The molecule has 6 heteroatoms. The van der Waals surface area contributed by atoms with Crippen molar-refractivity contribution in [3.05, 3.63) is 40.6 Å². The standard InChI is InChI=1S/C16H19NO5/c1-10-5-6-12(7-11(10)2)17-9-22-8-13(15(18)20-3)14(17)16(19)21-4/h5-7H,8-9H2,1-4H3. The maximum absolute atomic E-state index is 12.1. The summed E-state index contributed by atoms with van der Waals surface area (Å²) in [4.78, 5) is 25.7. The molecule has 0 bridgehead atoms. The maximum Gasteiger partial charge on any atom is 0.355 e. The Morgan fingerprint density at radius 1 is 1.09 bits per heavy atom. The van der Waals surface area contributed by atoms with E-state index in [1.807, 2.05) is 32.0 Å². The Labute approximate surface area is 129 Å². The second-order valence-corrected chi connectivity index (χ2v) is 4.98. The summed E-state index contributed by atoms with van der Waals surface area (Å²) in [5, 5.41) is 0. The first-order chi connectivity index (χ1) is 10.5. The van der Waals surface area contributed by atoms with Crippen LogP contribution in [0.3, 0.4) is 0 Å². The number of rotatable bonds is 3. The van der Waals surface area contributed by atoms with Crippen molar-refractivity contribution in [1.82, 2.24) is 0 Å². The van der Waals surface area contributed by atoms with Crippen molar-refractivity contribution in [1.29, 1.82) is 0 Å². The van der Waals surface area contributed by atoms with Crippen molar-refractivity contribution < 1.29 is 23.8 Å². The molecule has 1 aliphatic rings. The molecule has 0 saturated carbocycles. The lowest BCUT2D eigenvalue weighted by atomic mass is 10.1. The first-order valence-electron chi connectivity index (χ1n) is 6.82. The van der Waals surface area contributed by atoms with Gasteiger partial charge in [-0.15, -0.1) is 0 Å². The van der Waals surface area contributed by atoms with Crippen molar-refractivity contribution >= 4 is 17.6 Å². The highest BCUT2D eigenvalue weighted by Crippen LogP contribution is 2.28. The summed E-state index contributed by atoms with van der Waals surface area (Å²) in [6.07, 6.45) is 0. The first kappa shape index (κ1) is 16.0. The summed E-state index contributed by atoms with van der Waals surface area (Å²) in [6, 6.07) is 5.75. The third kappa shape index (κ3) is 2.96. The fourth-order valence-electron chi connectivity index (χ4n) is 2.24. The molecule has 0 spiro atoms. The summed E-state index contributed by atoms with van der Waals surface area (Å²) in [5.41, 5.74) is 3.28. The minimum Gasteiger partial charge on any atom is -0.466 e. The predicted octanol–water partition coefficient (Wildman–Crippen LogP) is 1.70. The highest BCUT2D eigenvalue weighted by atomic mass is 16.5. The van der Waals surface area contributed by atoms with E-state index in [4.69, 9.17) is 14.2 Å². The zero-order valence-corrected chi connectivity index (χ0v) is 13.1. The topological polar surface area (TPSA) is 65.1 Å². The monoisotopic (exact) mass is 305 g/mol. The summed E-state index contributed by atoms with van der Waals surface area (Å²) in [6.45, 7) is 4.15. The number of ether oxygens (including phenoxy) is 3. The minimum absolute atomic E-state index is 0.0124. The zero-order chi connectivity index (χ0) is 16.3. The van der Waals surface area contributed by atoms with Crippen LogP contribution in [-0.4, -0.2) is 39.5 Å². The average Bonchev–Trinajstić information content (AvgIpc) is 2.55. The van der Waals surface area contributed by atoms with Gasteiger partial charge >= 0.3 is 11.9 Å². The van der Waals surface area contributed by atoms with E-state index in [-0.39, 0.29) is 24.6 Å². The van der Waals surface area contributed by atoms with Crippen LogP contribution in [0, 0.1) is 13.8 Å².